The maximum atomic E-state index is 14.0. The fourth-order valence-corrected chi connectivity index (χ4v) is 10.4. The molecule has 49 heavy (non-hydrogen) atoms. The molecule has 260 valence electrons. The summed E-state index contributed by atoms with van der Waals surface area (Å²) >= 11 is 1.53. The number of aryl methyl sites for hydroxylation is 2. The van der Waals surface area contributed by atoms with Crippen LogP contribution in [-0.2, 0) is 34.8 Å². The van der Waals surface area contributed by atoms with Crippen molar-refractivity contribution in [2.75, 3.05) is 39.6 Å². The van der Waals surface area contributed by atoms with Crippen molar-refractivity contribution in [3.05, 3.63) is 37.7 Å². The molecule has 0 amide bonds. The van der Waals surface area contributed by atoms with E-state index in [9.17, 15) is 10.1 Å². The van der Waals surface area contributed by atoms with Crippen molar-refractivity contribution < 1.29 is 18.7 Å². The molecule has 1 spiro atoms. The molecule has 0 saturated carbocycles. The largest absolute Gasteiger partial charge is 0.471 e. The van der Waals surface area contributed by atoms with Gasteiger partial charge in [-0.3, -0.25) is 14.0 Å². The molecular weight excluding hydrogens is 645 g/mol. The average molecular weight is 689 g/mol. The fourth-order valence-electron chi connectivity index (χ4n) is 9.26. The molecule has 4 aliphatic rings. The summed E-state index contributed by atoms with van der Waals surface area (Å²) in [6.07, 6.45) is 6.64. The molecule has 0 unspecified atom stereocenters. The molecule has 0 aromatic carbocycles. The van der Waals surface area contributed by atoms with Gasteiger partial charge in [0.15, 0.2) is 11.2 Å². The van der Waals surface area contributed by atoms with Gasteiger partial charge in [0, 0.05) is 43.2 Å². The van der Waals surface area contributed by atoms with Gasteiger partial charge in [0.25, 0.3) is 0 Å². The minimum Gasteiger partial charge on any atom is -0.471 e. The quantitative estimate of drug-likeness (QED) is 0.307. The Morgan fingerprint density at radius 3 is 2.73 bits per heavy atom. The van der Waals surface area contributed by atoms with Gasteiger partial charge in [-0.1, -0.05) is 12.1 Å². The Morgan fingerprint density at radius 1 is 1.18 bits per heavy atom. The van der Waals surface area contributed by atoms with Crippen LogP contribution < -0.4 is 16.2 Å². The van der Waals surface area contributed by atoms with E-state index in [0.29, 0.717) is 58.3 Å². The lowest BCUT2D eigenvalue weighted by Gasteiger charge is -2.39. The van der Waals surface area contributed by atoms with E-state index in [2.05, 4.69) is 24.9 Å². The maximum absolute atomic E-state index is 14.0. The number of likely N-dealkylation sites (tertiary alicyclic amines) is 1. The number of imidazole rings is 1. The number of anilines is 1. The molecule has 6 atom stereocenters. The van der Waals surface area contributed by atoms with Crippen molar-refractivity contribution in [1.82, 2.24) is 29.2 Å². The summed E-state index contributed by atoms with van der Waals surface area (Å²) in [5, 5.41) is 15.5. The van der Waals surface area contributed by atoms with E-state index in [-0.39, 0.29) is 30.0 Å². The Hall–Kier alpha value is -3.77. The third kappa shape index (κ3) is 4.95. The van der Waals surface area contributed by atoms with E-state index in [4.69, 9.17) is 39.6 Å². The van der Waals surface area contributed by atoms with Crippen LogP contribution in [0.25, 0.3) is 22.7 Å². The van der Waals surface area contributed by atoms with E-state index < -0.39 is 5.41 Å². The lowest BCUT2D eigenvalue weighted by Crippen LogP contribution is -2.45. The standard InChI is InChI=1S/C35H44N8O5S/c1-18-14-20(17-46-16-18)43-32-27(42(4)34(43)44)33(47-19(2)26-23(45-5)10-13-41(26)3)39-31(38-32)28-21-8-6-11-35(29(21)40-48-28)12-7-9-24-25(35)22(15-36)30(37)49-24/h18-20,23,26H,6-14,16-17,37H2,1-5H3/t18-,19-,20+,23-,26+,35-/m0/s1. The molecule has 2 saturated heterocycles. The summed E-state index contributed by atoms with van der Waals surface area (Å²) in [4.78, 5) is 27.5. The highest BCUT2D eigenvalue weighted by Gasteiger charge is 2.48. The number of aromatic nitrogens is 5. The Bertz CT molecular complexity index is 2020. The first-order valence-corrected chi connectivity index (χ1v) is 18.3. The molecular formula is C35H44N8O5S. The van der Waals surface area contributed by atoms with E-state index in [1.807, 2.05) is 6.92 Å². The van der Waals surface area contributed by atoms with Crippen LogP contribution in [0.1, 0.15) is 85.7 Å². The van der Waals surface area contributed by atoms with Crippen molar-refractivity contribution >= 4 is 27.5 Å². The maximum Gasteiger partial charge on any atom is 0.330 e. The third-order valence-corrected chi connectivity index (χ3v) is 12.5. The minimum atomic E-state index is -0.452. The van der Waals surface area contributed by atoms with Gasteiger partial charge in [0.1, 0.15) is 17.2 Å². The summed E-state index contributed by atoms with van der Waals surface area (Å²) in [6.45, 7) is 6.14. The number of methoxy groups -OCH3 is 1. The number of nitrogens with zero attached hydrogens (tertiary/aromatic N) is 7. The highest BCUT2D eigenvalue weighted by Crippen LogP contribution is 2.54. The highest BCUT2D eigenvalue weighted by molar-refractivity contribution is 7.16. The SMILES string of the molecule is CO[C@H]1CCN(C)[C@@H]1[C@H](C)Oc1nc(-c2onc3c2CCC[C@@]32CCCc3sc(N)c(C#N)c32)nc2c1n(C)c(=O)n2[C@H]1COC[C@@H](C)C1. The lowest BCUT2D eigenvalue weighted by molar-refractivity contribution is 0.0178. The van der Waals surface area contributed by atoms with E-state index in [1.165, 1.54) is 16.2 Å². The molecule has 2 aliphatic heterocycles. The minimum absolute atomic E-state index is 0.00375. The third-order valence-electron chi connectivity index (χ3n) is 11.5. The number of rotatable bonds is 6. The van der Waals surface area contributed by atoms with E-state index in [1.54, 1.807) is 23.3 Å². The van der Waals surface area contributed by atoms with Crippen LogP contribution in [-0.4, -0.2) is 81.3 Å². The number of likely N-dealkylation sites (N-methyl/N-ethyl adjacent to an activating group) is 1. The molecule has 2 fully saturated rings. The summed E-state index contributed by atoms with van der Waals surface area (Å²) in [5.74, 6) is 1.42. The molecule has 14 heteroatoms. The van der Waals surface area contributed by atoms with Crippen LogP contribution in [0.4, 0.5) is 5.00 Å². The van der Waals surface area contributed by atoms with E-state index >= 15 is 0 Å². The zero-order valence-corrected chi connectivity index (χ0v) is 29.6. The molecule has 4 aromatic rings. The van der Waals surface area contributed by atoms with E-state index in [0.717, 1.165) is 74.7 Å². The molecule has 8 rings (SSSR count). The first-order valence-electron chi connectivity index (χ1n) is 17.4. The van der Waals surface area contributed by atoms with Gasteiger partial charge in [-0.2, -0.15) is 10.2 Å². The van der Waals surface area contributed by atoms with Gasteiger partial charge in [-0.25, -0.2) is 9.78 Å². The number of thiophene rings is 1. The van der Waals surface area contributed by atoms with Crippen molar-refractivity contribution in [3.63, 3.8) is 0 Å². The number of hydrogen-bond donors (Lipinski definition) is 1. The highest BCUT2D eigenvalue weighted by atomic mass is 32.1. The van der Waals surface area contributed by atoms with Crippen molar-refractivity contribution in [1.29, 1.82) is 5.26 Å². The zero-order valence-electron chi connectivity index (χ0n) is 28.8. The van der Waals surface area contributed by atoms with Gasteiger partial charge in [-0.05, 0) is 76.8 Å². The van der Waals surface area contributed by atoms with Gasteiger partial charge in [-0.15, -0.1) is 11.3 Å². The number of ether oxygens (including phenoxy) is 3. The molecule has 2 N–H and O–H groups in total. The lowest BCUT2D eigenvalue weighted by atomic mass is 9.62. The van der Waals surface area contributed by atoms with Crippen molar-refractivity contribution in [3.8, 4) is 23.5 Å². The number of nitrogen functional groups attached to an aromatic ring is 1. The molecule has 6 heterocycles. The zero-order chi connectivity index (χ0) is 34.2. The first kappa shape index (κ1) is 32.4. The van der Waals surface area contributed by atoms with Gasteiger partial charge < -0.3 is 24.5 Å². The predicted molar refractivity (Wildman–Crippen MR) is 184 cm³/mol. The monoisotopic (exact) mass is 688 g/mol. The molecule has 4 aromatic heterocycles. The molecule has 0 bridgehead atoms. The summed E-state index contributed by atoms with van der Waals surface area (Å²) in [5.41, 5.74) is 10.1. The molecule has 13 nitrogen and oxygen atoms in total. The Labute approximate surface area is 288 Å². The van der Waals surface area contributed by atoms with Gasteiger partial charge in [0.05, 0.1) is 36.1 Å². The Morgan fingerprint density at radius 2 is 1.98 bits per heavy atom. The first-order chi connectivity index (χ1) is 23.7. The van der Waals surface area contributed by atoms with Crippen LogP contribution in [0.2, 0.25) is 0 Å². The van der Waals surface area contributed by atoms with Crippen LogP contribution in [0.5, 0.6) is 5.88 Å². The second-order valence-electron chi connectivity index (χ2n) is 14.5. The van der Waals surface area contributed by atoms with Gasteiger partial charge in [0.2, 0.25) is 17.5 Å². The second kappa shape index (κ2) is 12.2. The summed E-state index contributed by atoms with van der Waals surface area (Å²) in [6, 6.07) is 2.21. The van der Waals surface area contributed by atoms with Crippen LogP contribution >= 0.6 is 11.3 Å². The van der Waals surface area contributed by atoms with Crippen molar-refractivity contribution in [2.24, 2.45) is 13.0 Å². The topological polar surface area (TPSA) is 159 Å². The Balaban J connectivity index is 1.30. The number of fused-ring (bicyclic) bond motifs is 5. The molecule has 2 aliphatic carbocycles. The average Bonchev–Trinajstić information content (AvgIpc) is 3.84. The smallest absolute Gasteiger partial charge is 0.330 e. The normalized spacial score (nSPS) is 27.7. The number of nitriles is 1. The van der Waals surface area contributed by atoms with Gasteiger partial charge >= 0.3 is 5.69 Å². The predicted octanol–water partition coefficient (Wildman–Crippen LogP) is 4.34. The summed E-state index contributed by atoms with van der Waals surface area (Å²) in [7, 11) is 5.56. The summed E-state index contributed by atoms with van der Waals surface area (Å²) < 4.78 is 28.1. The van der Waals surface area contributed by atoms with Crippen LogP contribution in [0.3, 0.4) is 0 Å². The molecule has 0 radical (unpaired) electrons. The van der Waals surface area contributed by atoms with Crippen LogP contribution in [0.15, 0.2) is 9.32 Å². The fraction of sp³-hybridized carbons (Fsp3) is 0.629. The second-order valence-corrected chi connectivity index (χ2v) is 15.6. The number of nitrogens with two attached hydrogens (primary N) is 1. The van der Waals surface area contributed by atoms with Crippen LogP contribution in [0, 0.1) is 17.2 Å². The Kier molecular flexibility index (Phi) is 8.09. The number of hydrogen-bond acceptors (Lipinski definition) is 12. The van der Waals surface area contributed by atoms with Crippen molar-refractivity contribution in [2.45, 2.75) is 94.9 Å².